The number of aromatic nitrogens is 4. The van der Waals surface area contributed by atoms with Crippen molar-refractivity contribution in [2.75, 3.05) is 31.2 Å². The van der Waals surface area contributed by atoms with Crippen molar-refractivity contribution < 1.29 is 4.74 Å². The van der Waals surface area contributed by atoms with Crippen LogP contribution in [-0.2, 0) is 18.3 Å². The zero-order chi connectivity index (χ0) is 18.9. The lowest BCUT2D eigenvalue weighted by Crippen LogP contribution is -2.36. The van der Waals surface area contributed by atoms with Gasteiger partial charge in [0.1, 0.15) is 5.82 Å². The van der Waals surface area contributed by atoms with E-state index in [1.54, 1.807) is 0 Å². The van der Waals surface area contributed by atoms with Gasteiger partial charge < -0.3 is 14.2 Å². The predicted molar refractivity (Wildman–Crippen MR) is 111 cm³/mol. The molecule has 144 valence electrons. The molecule has 0 atom stereocenters. The average molecular weight is 375 g/mol. The normalized spacial score (nSPS) is 17.3. The van der Waals surface area contributed by atoms with Crippen molar-refractivity contribution in [1.82, 2.24) is 19.3 Å². The molecule has 5 rings (SSSR count). The van der Waals surface area contributed by atoms with E-state index < -0.39 is 0 Å². The Hall–Kier alpha value is -2.86. The number of fused-ring (bicyclic) bond motifs is 1. The molecule has 0 amide bonds. The number of hydrogen-bond acceptors (Lipinski definition) is 4. The van der Waals surface area contributed by atoms with Crippen LogP contribution < -0.4 is 4.90 Å². The maximum atomic E-state index is 5.50. The summed E-state index contributed by atoms with van der Waals surface area (Å²) >= 11 is 0. The van der Waals surface area contributed by atoms with Crippen LogP contribution in [0.2, 0.25) is 0 Å². The minimum atomic E-state index is 0.763. The molecule has 1 aliphatic carbocycles. The summed E-state index contributed by atoms with van der Waals surface area (Å²) in [6.07, 6.45) is 15.1. The quantitative estimate of drug-likeness (QED) is 0.700. The molecule has 0 radical (unpaired) electrons. The monoisotopic (exact) mass is 375 g/mol. The number of morpholine rings is 1. The van der Waals surface area contributed by atoms with Crippen molar-refractivity contribution in [1.29, 1.82) is 0 Å². The minimum absolute atomic E-state index is 0.763. The first kappa shape index (κ1) is 17.3. The lowest BCUT2D eigenvalue weighted by atomic mass is 10.1. The molecule has 0 aromatic carbocycles. The molecule has 0 N–H and O–H groups in total. The number of ether oxygens (including phenoxy) is 1. The van der Waals surface area contributed by atoms with Crippen LogP contribution in [0.1, 0.15) is 12.8 Å². The largest absolute Gasteiger partial charge is 0.378 e. The van der Waals surface area contributed by atoms with Crippen LogP contribution in [0, 0.1) is 0 Å². The third-order valence-corrected chi connectivity index (χ3v) is 5.52. The summed E-state index contributed by atoms with van der Waals surface area (Å²) in [5.74, 6) is 1.03. The Balaban J connectivity index is 1.62. The molecule has 28 heavy (non-hydrogen) atoms. The van der Waals surface area contributed by atoms with Crippen molar-refractivity contribution in [3.8, 4) is 11.3 Å². The second kappa shape index (κ2) is 7.28. The van der Waals surface area contributed by atoms with E-state index in [9.17, 15) is 0 Å². The van der Waals surface area contributed by atoms with E-state index in [0.29, 0.717) is 0 Å². The van der Waals surface area contributed by atoms with E-state index in [-0.39, 0.29) is 0 Å². The third-order valence-electron chi connectivity index (χ3n) is 5.52. The Kier molecular flexibility index (Phi) is 4.49. The summed E-state index contributed by atoms with van der Waals surface area (Å²) in [5.41, 5.74) is 4.89. The minimum Gasteiger partial charge on any atom is -0.378 e. The fourth-order valence-electron chi connectivity index (χ4n) is 4.04. The Bertz CT molecular complexity index is 1050. The highest BCUT2D eigenvalue weighted by Crippen LogP contribution is 2.31. The molecule has 4 heterocycles. The molecule has 0 spiro atoms. The van der Waals surface area contributed by atoms with Crippen LogP contribution in [-0.4, -0.2) is 45.6 Å². The SMILES string of the molecule is Cn1cc(-c2cc3cnc(N4CCOCC4)cc3n2CC2=CCCC=C2)cn1. The highest BCUT2D eigenvalue weighted by molar-refractivity contribution is 5.88. The fourth-order valence-corrected chi connectivity index (χ4v) is 4.04. The molecule has 1 saturated heterocycles. The molecule has 3 aromatic heterocycles. The summed E-state index contributed by atoms with van der Waals surface area (Å²) in [6, 6.07) is 4.46. The van der Waals surface area contributed by atoms with Crippen LogP contribution >= 0.6 is 0 Å². The van der Waals surface area contributed by atoms with Crippen LogP contribution in [0.3, 0.4) is 0 Å². The van der Waals surface area contributed by atoms with Gasteiger partial charge in [-0.15, -0.1) is 0 Å². The number of rotatable bonds is 4. The van der Waals surface area contributed by atoms with Gasteiger partial charge in [0.2, 0.25) is 0 Å². The highest BCUT2D eigenvalue weighted by Gasteiger charge is 2.17. The molecule has 3 aromatic rings. The predicted octanol–water partition coefficient (Wildman–Crippen LogP) is 3.55. The van der Waals surface area contributed by atoms with Gasteiger partial charge in [-0.1, -0.05) is 18.2 Å². The molecular weight excluding hydrogens is 350 g/mol. The number of anilines is 1. The lowest BCUT2D eigenvalue weighted by Gasteiger charge is -2.27. The number of aryl methyl sites for hydroxylation is 1. The number of allylic oxidation sites excluding steroid dienone is 4. The van der Waals surface area contributed by atoms with Gasteiger partial charge in [-0.2, -0.15) is 5.10 Å². The summed E-state index contributed by atoms with van der Waals surface area (Å²) in [6.45, 7) is 4.17. The smallest absolute Gasteiger partial charge is 0.130 e. The maximum Gasteiger partial charge on any atom is 0.130 e. The van der Waals surface area contributed by atoms with Gasteiger partial charge in [0, 0.05) is 56.1 Å². The molecular formula is C22H25N5O. The van der Waals surface area contributed by atoms with Gasteiger partial charge in [0.15, 0.2) is 0 Å². The molecule has 1 aliphatic heterocycles. The number of hydrogen-bond donors (Lipinski definition) is 0. The summed E-state index contributed by atoms with van der Waals surface area (Å²) < 4.78 is 9.76. The van der Waals surface area contributed by atoms with Gasteiger partial charge in [-0.05, 0) is 24.5 Å². The van der Waals surface area contributed by atoms with E-state index >= 15 is 0 Å². The topological polar surface area (TPSA) is 48.1 Å². The molecule has 2 aliphatic rings. The van der Waals surface area contributed by atoms with E-state index in [2.05, 4.69) is 51.1 Å². The van der Waals surface area contributed by atoms with Crippen molar-refractivity contribution in [2.24, 2.45) is 7.05 Å². The average Bonchev–Trinajstić information content (AvgIpc) is 3.33. The highest BCUT2D eigenvalue weighted by atomic mass is 16.5. The van der Waals surface area contributed by atoms with Crippen LogP contribution in [0.5, 0.6) is 0 Å². The first-order chi connectivity index (χ1) is 13.8. The summed E-state index contributed by atoms with van der Waals surface area (Å²) in [4.78, 5) is 7.05. The summed E-state index contributed by atoms with van der Waals surface area (Å²) in [5, 5.41) is 5.54. The Morgan fingerprint density at radius 1 is 1.11 bits per heavy atom. The maximum absolute atomic E-state index is 5.50. The van der Waals surface area contributed by atoms with E-state index in [0.717, 1.165) is 62.5 Å². The van der Waals surface area contributed by atoms with E-state index in [1.807, 2.05) is 24.1 Å². The molecule has 1 fully saturated rings. The van der Waals surface area contributed by atoms with Gasteiger partial charge >= 0.3 is 0 Å². The van der Waals surface area contributed by atoms with Crippen molar-refractivity contribution in [2.45, 2.75) is 19.4 Å². The van der Waals surface area contributed by atoms with Gasteiger partial charge in [0.05, 0.1) is 30.6 Å². The van der Waals surface area contributed by atoms with E-state index in [1.165, 1.54) is 16.8 Å². The van der Waals surface area contributed by atoms with Gasteiger partial charge in [0.25, 0.3) is 0 Å². The van der Waals surface area contributed by atoms with Crippen LogP contribution in [0.25, 0.3) is 22.2 Å². The zero-order valence-electron chi connectivity index (χ0n) is 16.2. The second-order valence-electron chi connectivity index (χ2n) is 7.48. The third kappa shape index (κ3) is 3.24. The van der Waals surface area contributed by atoms with Crippen molar-refractivity contribution >= 4 is 16.7 Å². The first-order valence-electron chi connectivity index (χ1n) is 9.94. The van der Waals surface area contributed by atoms with Gasteiger partial charge in [-0.25, -0.2) is 4.98 Å². The number of pyridine rings is 1. The van der Waals surface area contributed by atoms with Crippen molar-refractivity contribution in [3.63, 3.8) is 0 Å². The lowest BCUT2D eigenvalue weighted by molar-refractivity contribution is 0.122. The van der Waals surface area contributed by atoms with Crippen LogP contribution in [0.15, 0.2) is 54.5 Å². The second-order valence-corrected chi connectivity index (χ2v) is 7.48. The molecule has 0 bridgehead atoms. The Labute approximate surface area is 164 Å². The van der Waals surface area contributed by atoms with Gasteiger partial charge in [-0.3, -0.25) is 4.68 Å². The Morgan fingerprint density at radius 2 is 2.00 bits per heavy atom. The van der Waals surface area contributed by atoms with Crippen LogP contribution in [0.4, 0.5) is 5.82 Å². The fraction of sp³-hybridized carbons (Fsp3) is 0.364. The molecule has 0 saturated carbocycles. The first-order valence-corrected chi connectivity index (χ1v) is 9.94. The van der Waals surface area contributed by atoms with E-state index in [4.69, 9.17) is 9.72 Å². The number of nitrogens with zero attached hydrogens (tertiary/aromatic N) is 5. The molecule has 6 nitrogen and oxygen atoms in total. The van der Waals surface area contributed by atoms with Crippen molar-refractivity contribution in [3.05, 3.63) is 54.5 Å². The Morgan fingerprint density at radius 3 is 2.75 bits per heavy atom. The zero-order valence-corrected chi connectivity index (χ0v) is 16.2. The summed E-state index contributed by atoms with van der Waals surface area (Å²) in [7, 11) is 1.96. The molecule has 6 heteroatoms. The molecule has 0 unspecified atom stereocenters. The standard InChI is InChI=1S/C22H25N5O/c1-25-16-19(14-24-25)20-11-18-13-23-22(26-7-9-28-10-8-26)12-21(18)27(20)15-17-5-3-2-4-6-17/h3,5-6,11-14,16H,2,4,7-10,15H2,1H3.